The summed E-state index contributed by atoms with van der Waals surface area (Å²) in [4.78, 5) is 8.84. The van der Waals surface area contributed by atoms with E-state index in [1.54, 1.807) is 0 Å². The summed E-state index contributed by atoms with van der Waals surface area (Å²) in [5, 5.41) is 21.2. The van der Waals surface area contributed by atoms with Gasteiger partial charge in [-0.3, -0.25) is 0 Å². The first-order valence-electron chi connectivity index (χ1n) is 5.47. The number of nitriles is 2. The molecule has 0 aliphatic carbocycles. The lowest BCUT2D eigenvalue weighted by Crippen LogP contribution is -1.94. The molecule has 0 bridgehead atoms. The molecule has 0 saturated carbocycles. The third-order valence-corrected chi connectivity index (χ3v) is 4.10. The lowest BCUT2D eigenvalue weighted by molar-refractivity contribution is 1.05. The standard InChI is InChI=1S/C13H10N4S2/c1-8-10(5-9(6-15)13(16-8)18-2)11-7-19-12(17-11)3-4-14/h5,7H,3H2,1-2H3. The second kappa shape index (κ2) is 5.83. The molecule has 2 aromatic rings. The maximum Gasteiger partial charge on any atom is 0.114 e. The van der Waals surface area contributed by atoms with E-state index < -0.39 is 0 Å². The zero-order chi connectivity index (χ0) is 13.8. The highest BCUT2D eigenvalue weighted by molar-refractivity contribution is 7.98. The predicted octanol–water partition coefficient (Wildman–Crippen LogP) is 3.17. The molecule has 19 heavy (non-hydrogen) atoms. The maximum absolute atomic E-state index is 9.14. The van der Waals surface area contributed by atoms with E-state index in [9.17, 15) is 0 Å². The van der Waals surface area contributed by atoms with Crippen molar-refractivity contribution in [2.45, 2.75) is 18.4 Å². The first-order chi connectivity index (χ1) is 9.19. The summed E-state index contributed by atoms with van der Waals surface area (Å²) in [6, 6.07) is 6.06. The molecule has 0 aliphatic rings. The molecule has 0 atom stereocenters. The number of aryl methyl sites for hydroxylation is 1. The third kappa shape index (κ3) is 2.76. The summed E-state index contributed by atoms with van der Waals surface area (Å²) in [7, 11) is 0. The number of aromatic nitrogens is 2. The van der Waals surface area contributed by atoms with Crippen LogP contribution in [0.4, 0.5) is 0 Å². The van der Waals surface area contributed by atoms with E-state index in [1.165, 1.54) is 23.1 Å². The number of thiazole rings is 1. The van der Waals surface area contributed by atoms with Gasteiger partial charge in [0.1, 0.15) is 16.1 Å². The molecule has 0 unspecified atom stereocenters. The molecule has 0 saturated heterocycles. The van der Waals surface area contributed by atoms with Gasteiger partial charge in [0, 0.05) is 16.6 Å². The normalized spacial score (nSPS) is 9.89. The molecular formula is C13H10N4S2. The van der Waals surface area contributed by atoms with Crippen LogP contribution >= 0.6 is 23.1 Å². The average Bonchev–Trinajstić information content (AvgIpc) is 2.87. The predicted molar refractivity (Wildman–Crippen MR) is 75.9 cm³/mol. The van der Waals surface area contributed by atoms with Crippen molar-refractivity contribution in [1.29, 1.82) is 10.5 Å². The molecule has 0 amide bonds. The molecule has 0 aliphatic heterocycles. The van der Waals surface area contributed by atoms with Crippen LogP contribution in [0.3, 0.4) is 0 Å². The Bertz CT molecular complexity index is 692. The lowest BCUT2D eigenvalue weighted by atomic mass is 10.1. The van der Waals surface area contributed by atoms with Crippen molar-refractivity contribution in [2.75, 3.05) is 6.26 Å². The van der Waals surface area contributed by atoms with Gasteiger partial charge < -0.3 is 0 Å². The van der Waals surface area contributed by atoms with Crippen LogP contribution in [0.2, 0.25) is 0 Å². The largest absolute Gasteiger partial charge is 0.245 e. The van der Waals surface area contributed by atoms with Crippen LogP contribution < -0.4 is 0 Å². The molecule has 6 heteroatoms. The van der Waals surface area contributed by atoms with Crippen molar-refractivity contribution in [3.63, 3.8) is 0 Å². The van der Waals surface area contributed by atoms with E-state index >= 15 is 0 Å². The highest BCUT2D eigenvalue weighted by Gasteiger charge is 2.12. The summed E-state index contributed by atoms with van der Waals surface area (Å²) in [6.45, 7) is 1.90. The number of pyridine rings is 1. The van der Waals surface area contributed by atoms with E-state index in [4.69, 9.17) is 10.5 Å². The van der Waals surface area contributed by atoms with Crippen molar-refractivity contribution >= 4 is 23.1 Å². The van der Waals surface area contributed by atoms with Crippen LogP contribution in [0.1, 0.15) is 16.3 Å². The molecule has 2 heterocycles. The molecule has 0 spiro atoms. The van der Waals surface area contributed by atoms with Gasteiger partial charge in [0.15, 0.2) is 0 Å². The molecule has 4 nitrogen and oxygen atoms in total. The Balaban J connectivity index is 2.50. The Morgan fingerprint density at radius 3 is 2.79 bits per heavy atom. The Morgan fingerprint density at radius 1 is 1.37 bits per heavy atom. The highest BCUT2D eigenvalue weighted by atomic mass is 32.2. The fraction of sp³-hybridized carbons (Fsp3) is 0.231. The summed E-state index contributed by atoms with van der Waals surface area (Å²) < 4.78 is 0. The Hall–Kier alpha value is -1.89. The third-order valence-electron chi connectivity index (χ3n) is 2.55. The van der Waals surface area contributed by atoms with E-state index in [0.29, 0.717) is 12.0 Å². The van der Waals surface area contributed by atoms with Gasteiger partial charge in [0.05, 0.1) is 23.7 Å². The number of rotatable bonds is 3. The highest BCUT2D eigenvalue weighted by Crippen LogP contribution is 2.28. The molecule has 2 aromatic heterocycles. The molecule has 2 rings (SSSR count). The van der Waals surface area contributed by atoms with Crippen molar-refractivity contribution < 1.29 is 0 Å². The maximum atomic E-state index is 9.14. The summed E-state index contributed by atoms with van der Waals surface area (Å²) in [6.07, 6.45) is 2.21. The van der Waals surface area contributed by atoms with Crippen LogP contribution in [0.25, 0.3) is 11.3 Å². The van der Waals surface area contributed by atoms with Gasteiger partial charge >= 0.3 is 0 Å². The quantitative estimate of drug-likeness (QED) is 0.810. The summed E-state index contributed by atoms with van der Waals surface area (Å²) in [5.41, 5.74) is 3.04. The van der Waals surface area contributed by atoms with E-state index in [-0.39, 0.29) is 0 Å². The Labute approximate surface area is 119 Å². The van der Waals surface area contributed by atoms with Gasteiger partial charge in [0.25, 0.3) is 0 Å². The van der Waals surface area contributed by atoms with Crippen molar-refractivity contribution in [3.8, 4) is 23.4 Å². The Morgan fingerprint density at radius 2 is 2.16 bits per heavy atom. The average molecular weight is 286 g/mol. The minimum atomic E-state index is 0.311. The van der Waals surface area contributed by atoms with Crippen LogP contribution in [-0.4, -0.2) is 16.2 Å². The number of hydrogen-bond acceptors (Lipinski definition) is 6. The fourth-order valence-corrected chi connectivity index (χ4v) is 2.94. The molecule has 0 fully saturated rings. The summed E-state index contributed by atoms with van der Waals surface area (Å²) in [5.74, 6) is 0. The fourth-order valence-electron chi connectivity index (χ4n) is 1.66. The van der Waals surface area contributed by atoms with Crippen LogP contribution in [0.15, 0.2) is 16.5 Å². The minimum absolute atomic E-state index is 0.311. The van der Waals surface area contributed by atoms with Crippen molar-refractivity contribution in [2.24, 2.45) is 0 Å². The zero-order valence-corrected chi connectivity index (χ0v) is 12.1. The zero-order valence-electron chi connectivity index (χ0n) is 10.5. The molecule has 0 radical (unpaired) electrons. The van der Waals surface area contributed by atoms with Crippen LogP contribution in [0, 0.1) is 29.6 Å². The molecular weight excluding hydrogens is 276 g/mol. The molecule has 0 aromatic carbocycles. The van der Waals surface area contributed by atoms with Gasteiger partial charge in [-0.05, 0) is 19.2 Å². The minimum Gasteiger partial charge on any atom is -0.245 e. The molecule has 94 valence electrons. The van der Waals surface area contributed by atoms with Gasteiger partial charge in [-0.15, -0.1) is 23.1 Å². The van der Waals surface area contributed by atoms with Gasteiger partial charge in [0.2, 0.25) is 0 Å². The second-order valence-electron chi connectivity index (χ2n) is 3.75. The topological polar surface area (TPSA) is 73.4 Å². The number of nitrogens with zero attached hydrogens (tertiary/aromatic N) is 4. The van der Waals surface area contributed by atoms with Crippen molar-refractivity contribution in [1.82, 2.24) is 9.97 Å². The number of thioether (sulfide) groups is 1. The first-order valence-corrected chi connectivity index (χ1v) is 7.57. The smallest absolute Gasteiger partial charge is 0.114 e. The van der Waals surface area contributed by atoms with E-state index in [1.807, 2.05) is 24.6 Å². The Kier molecular flexibility index (Phi) is 4.16. The molecule has 0 N–H and O–H groups in total. The van der Waals surface area contributed by atoms with Crippen LogP contribution in [-0.2, 0) is 6.42 Å². The van der Waals surface area contributed by atoms with Crippen molar-refractivity contribution in [3.05, 3.63) is 27.7 Å². The first kappa shape index (κ1) is 13.5. The van der Waals surface area contributed by atoms with E-state index in [2.05, 4.69) is 22.1 Å². The van der Waals surface area contributed by atoms with Gasteiger partial charge in [-0.25, -0.2) is 9.97 Å². The monoisotopic (exact) mass is 286 g/mol. The van der Waals surface area contributed by atoms with Crippen LogP contribution in [0.5, 0.6) is 0 Å². The summed E-state index contributed by atoms with van der Waals surface area (Å²) >= 11 is 2.91. The van der Waals surface area contributed by atoms with E-state index in [0.717, 1.165) is 27.0 Å². The lowest BCUT2D eigenvalue weighted by Gasteiger charge is -2.06. The second-order valence-corrected chi connectivity index (χ2v) is 5.49. The van der Waals surface area contributed by atoms with Gasteiger partial charge in [-0.2, -0.15) is 10.5 Å². The van der Waals surface area contributed by atoms with Gasteiger partial charge in [-0.1, -0.05) is 0 Å². The SMILES string of the molecule is CSc1nc(C)c(-c2csc(CC#N)n2)cc1C#N. The number of hydrogen-bond donors (Lipinski definition) is 0.